The van der Waals surface area contributed by atoms with E-state index < -0.39 is 0 Å². The fraction of sp³-hybridized carbons (Fsp3) is 0.750. The van der Waals surface area contributed by atoms with E-state index in [2.05, 4.69) is 12.2 Å². The van der Waals surface area contributed by atoms with Gasteiger partial charge in [-0.05, 0) is 44.4 Å². The van der Waals surface area contributed by atoms with E-state index >= 15 is 0 Å². The van der Waals surface area contributed by atoms with Crippen molar-refractivity contribution in [3.05, 3.63) is 12.2 Å². The molecule has 1 heteroatoms. The van der Waals surface area contributed by atoms with E-state index in [1.54, 1.807) is 0 Å². The molecule has 0 aromatic carbocycles. The lowest BCUT2D eigenvalue weighted by molar-refractivity contribution is -0.121. The molecule has 0 radical (unpaired) electrons. The Morgan fingerprint density at radius 1 is 1.38 bits per heavy atom. The maximum Gasteiger partial charge on any atom is 0.126 e. The fourth-order valence-electron chi connectivity index (χ4n) is 2.62. The first-order valence-electron chi connectivity index (χ1n) is 5.46. The van der Waals surface area contributed by atoms with Crippen LogP contribution in [0.15, 0.2) is 12.2 Å². The molecule has 72 valence electrons. The first-order valence-corrected chi connectivity index (χ1v) is 5.46. The summed E-state index contributed by atoms with van der Waals surface area (Å²) in [5.74, 6) is 0.787. The van der Waals surface area contributed by atoms with Crippen LogP contribution >= 0.6 is 0 Å². The Morgan fingerprint density at radius 3 is 2.69 bits per heavy atom. The van der Waals surface area contributed by atoms with Crippen LogP contribution < -0.4 is 0 Å². The van der Waals surface area contributed by atoms with Crippen LogP contribution in [0, 0.1) is 11.3 Å². The highest BCUT2D eigenvalue weighted by molar-refractivity contribution is 5.60. The van der Waals surface area contributed by atoms with Crippen LogP contribution in [0.2, 0.25) is 0 Å². The SMILES string of the molecule is O=CC1(CC2CC=CCC2)CCC1. The van der Waals surface area contributed by atoms with Gasteiger partial charge in [0.2, 0.25) is 0 Å². The van der Waals surface area contributed by atoms with E-state index in [4.69, 9.17) is 0 Å². The molecule has 2 aliphatic rings. The highest BCUT2D eigenvalue weighted by Crippen LogP contribution is 2.45. The van der Waals surface area contributed by atoms with Crippen LogP contribution in [0.1, 0.15) is 44.9 Å². The zero-order valence-electron chi connectivity index (χ0n) is 8.17. The smallest absolute Gasteiger partial charge is 0.126 e. The van der Waals surface area contributed by atoms with Gasteiger partial charge >= 0.3 is 0 Å². The van der Waals surface area contributed by atoms with Crippen molar-refractivity contribution in [2.75, 3.05) is 0 Å². The van der Waals surface area contributed by atoms with Crippen molar-refractivity contribution < 1.29 is 4.79 Å². The number of allylic oxidation sites excluding steroid dienone is 2. The Kier molecular flexibility index (Phi) is 2.52. The van der Waals surface area contributed by atoms with Crippen molar-refractivity contribution in [1.82, 2.24) is 0 Å². The summed E-state index contributed by atoms with van der Waals surface area (Å²) in [4.78, 5) is 11.0. The minimum Gasteiger partial charge on any atom is -0.303 e. The second-order valence-corrected chi connectivity index (χ2v) is 4.69. The molecule has 0 bridgehead atoms. The van der Waals surface area contributed by atoms with E-state index in [1.165, 1.54) is 32.0 Å². The molecule has 1 nitrogen and oxygen atoms in total. The molecular formula is C12H18O. The molecule has 1 fully saturated rings. The summed E-state index contributed by atoms with van der Waals surface area (Å²) in [5.41, 5.74) is 0.107. The van der Waals surface area contributed by atoms with Crippen molar-refractivity contribution in [3.63, 3.8) is 0 Å². The minimum absolute atomic E-state index is 0.107. The maximum absolute atomic E-state index is 11.0. The predicted octanol–water partition coefficient (Wildman–Crippen LogP) is 3.10. The van der Waals surface area contributed by atoms with Crippen LogP contribution in [-0.2, 0) is 4.79 Å². The van der Waals surface area contributed by atoms with Gasteiger partial charge in [0.05, 0.1) is 0 Å². The van der Waals surface area contributed by atoms with Gasteiger partial charge in [-0.15, -0.1) is 0 Å². The molecule has 0 saturated heterocycles. The van der Waals surface area contributed by atoms with E-state index in [0.29, 0.717) is 0 Å². The average Bonchev–Trinajstić information content (AvgIpc) is 2.13. The number of carbonyl (C=O) groups is 1. The van der Waals surface area contributed by atoms with Crippen molar-refractivity contribution in [2.45, 2.75) is 44.9 Å². The molecule has 13 heavy (non-hydrogen) atoms. The molecule has 0 N–H and O–H groups in total. The van der Waals surface area contributed by atoms with Gasteiger partial charge in [-0.2, -0.15) is 0 Å². The van der Waals surface area contributed by atoms with Gasteiger partial charge in [0.25, 0.3) is 0 Å². The number of rotatable bonds is 3. The lowest BCUT2D eigenvalue weighted by atomic mass is 9.64. The van der Waals surface area contributed by atoms with E-state index in [1.807, 2.05) is 0 Å². The molecule has 1 unspecified atom stereocenters. The summed E-state index contributed by atoms with van der Waals surface area (Å²) >= 11 is 0. The Hall–Kier alpha value is -0.590. The normalized spacial score (nSPS) is 30.9. The number of hydrogen-bond acceptors (Lipinski definition) is 1. The lowest BCUT2D eigenvalue weighted by Gasteiger charge is -2.39. The Labute approximate surface area is 80.2 Å². The van der Waals surface area contributed by atoms with Crippen molar-refractivity contribution in [3.8, 4) is 0 Å². The molecule has 0 heterocycles. The van der Waals surface area contributed by atoms with Gasteiger partial charge in [0, 0.05) is 5.41 Å². The zero-order chi connectivity index (χ0) is 9.15. The van der Waals surface area contributed by atoms with Gasteiger partial charge in [-0.3, -0.25) is 0 Å². The minimum atomic E-state index is 0.107. The zero-order valence-corrected chi connectivity index (χ0v) is 8.17. The third-order valence-corrected chi connectivity index (χ3v) is 3.67. The second kappa shape index (κ2) is 3.65. The quantitative estimate of drug-likeness (QED) is 0.479. The Bertz CT molecular complexity index is 213. The standard InChI is InChI=1S/C12H18O/c13-10-12(7-4-8-12)9-11-5-2-1-3-6-11/h1-2,10-11H,3-9H2. The van der Waals surface area contributed by atoms with Crippen molar-refractivity contribution in [2.24, 2.45) is 11.3 Å². The molecule has 0 aliphatic heterocycles. The molecule has 0 aromatic rings. The predicted molar refractivity (Wildman–Crippen MR) is 53.4 cm³/mol. The van der Waals surface area contributed by atoms with E-state index in [-0.39, 0.29) is 5.41 Å². The lowest BCUT2D eigenvalue weighted by Crippen LogP contribution is -2.33. The van der Waals surface area contributed by atoms with Gasteiger partial charge in [-0.25, -0.2) is 0 Å². The largest absolute Gasteiger partial charge is 0.303 e. The number of hydrogen-bond donors (Lipinski definition) is 0. The summed E-state index contributed by atoms with van der Waals surface area (Å²) < 4.78 is 0. The third-order valence-electron chi connectivity index (χ3n) is 3.67. The summed E-state index contributed by atoms with van der Waals surface area (Å²) in [6.45, 7) is 0. The first-order chi connectivity index (χ1) is 6.35. The van der Waals surface area contributed by atoms with Crippen LogP contribution in [-0.4, -0.2) is 6.29 Å². The summed E-state index contributed by atoms with van der Waals surface area (Å²) in [6, 6.07) is 0. The molecule has 0 amide bonds. The molecule has 0 spiro atoms. The Morgan fingerprint density at radius 2 is 2.23 bits per heavy atom. The van der Waals surface area contributed by atoms with Crippen molar-refractivity contribution >= 4 is 6.29 Å². The molecule has 2 aliphatic carbocycles. The summed E-state index contributed by atoms with van der Waals surface area (Å²) in [7, 11) is 0. The third kappa shape index (κ3) is 1.84. The van der Waals surface area contributed by atoms with Crippen LogP contribution in [0.25, 0.3) is 0 Å². The highest BCUT2D eigenvalue weighted by Gasteiger charge is 2.38. The molecule has 2 rings (SSSR count). The molecule has 1 atom stereocenters. The monoisotopic (exact) mass is 178 g/mol. The van der Waals surface area contributed by atoms with Gasteiger partial charge in [0.1, 0.15) is 6.29 Å². The average molecular weight is 178 g/mol. The number of aldehydes is 1. The van der Waals surface area contributed by atoms with Crippen LogP contribution in [0.3, 0.4) is 0 Å². The van der Waals surface area contributed by atoms with Gasteiger partial charge in [0.15, 0.2) is 0 Å². The summed E-state index contributed by atoms with van der Waals surface area (Å²) in [5, 5.41) is 0. The van der Waals surface area contributed by atoms with Crippen LogP contribution in [0.5, 0.6) is 0 Å². The molecule has 0 aromatic heterocycles. The van der Waals surface area contributed by atoms with E-state index in [0.717, 1.165) is 25.2 Å². The second-order valence-electron chi connectivity index (χ2n) is 4.69. The maximum atomic E-state index is 11.0. The van der Waals surface area contributed by atoms with Gasteiger partial charge in [-0.1, -0.05) is 18.6 Å². The molecule has 1 saturated carbocycles. The number of carbonyl (C=O) groups excluding carboxylic acids is 1. The van der Waals surface area contributed by atoms with Crippen LogP contribution in [0.4, 0.5) is 0 Å². The van der Waals surface area contributed by atoms with Crippen molar-refractivity contribution in [1.29, 1.82) is 0 Å². The fourth-order valence-corrected chi connectivity index (χ4v) is 2.62. The Balaban J connectivity index is 1.88. The topological polar surface area (TPSA) is 17.1 Å². The summed E-state index contributed by atoms with van der Waals surface area (Å²) in [6.07, 6.45) is 14.2. The van der Waals surface area contributed by atoms with E-state index in [9.17, 15) is 4.79 Å². The molecular weight excluding hydrogens is 160 g/mol. The van der Waals surface area contributed by atoms with Gasteiger partial charge < -0.3 is 4.79 Å². The highest BCUT2D eigenvalue weighted by atomic mass is 16.1. The first kappa shape index (κ1) is 8.98.